The molecule has 0 heterocycles. The van der Waals surface area contributed by atoms with Gasteiger partial charge in [-0.05, 0) is 18.2 Å². The molecule has 0 saturated heterocycles. The molecule has 0 aliphatic carbocycles. The van der Waals surface area contributed by atoms with Gasteiger partial charge in [0.2, 0.25) is 10.0 Å². The van der Waals surface area contributed by atoms with Gasteiger partial charge in [0.1, 0.15) is 5.82 Å². The van der Waals surface area contributed by atoms with Crippen LogP contribution in [0.15, 0.2) is 23.1 Å². The van der Waals surface area contributed by atoms with Gasteiger partial charge in [-0.2, -0.15) is 4.31 Å². The van der Waals surface area contributed by atoms with Crippen LogP contribution in [0, 0.1) is 5.82 Å². The number of nitrogens with zero attached hydrogens (tertiary/aromatic N) is 1. The van der Waals surface area contributed by atoms with Crippen LogP contribution < -0.4 is 5.32 Å². The van der Waals surface area contributed by atoms with Crippen LogP contribution in [0.25, 0.3) is 0 Å². The zero-order valence-electron chi connectivity index (χ0n) is 14.7. The lowest BCUT2D eigenvalue weighted by Crippen LogP contribution is -2.31. The zero-order chi connectivity index (χ0) is 18.9. The van der Waals surface area contributed by atoms with E-state index in [1.165, 1.54) is 4.31 Å². The topological polar surface area (TPSA) is 84.9 Å². The van der Waals surface area contributed by atoms with E-state index >= 15 is 0 Å². The van der Waals surface area contributed by atoms with E-state index in [-0.39, 0.29) is 36.7 Å². The fraction of sp³-hybridized carbons (Fsp3) is 0.562. The van der Waals surface area contributed by atoms with Crippen molar-refractivity contribution >= 4 is 15.9 Å². The van der Waals surface area contributed by atoms with Gasteiger partial charge >= 0.3 is 0 Å². The van der Waals surface area contributed by atoms with Crippen molar-refractivity contribution in [3.05, 3.63) is 29.6 Å². The fourth-order valence-electron chi connectivity index (χ4n) is 2.13. The summed E-state index contributed by atoms with van der Waals surface area (Å²) >= 11 is 0. The highest BCUT2D eigenvalue weighted by Crippen LogP contribution is 2.19. The van der Waals surface area contributed by atoms with Crippen LogP contribution in [0.4, 0.5) is 4.39 Å². The molecule has 0 aromatic heterocycles. The Bertz CT molecular complexity index is 662. The number of methoxy groups -OCH3 is 1. The molecule has 0 spiro atoms. The average molecular weight is 376 g/mol. The molecule has 1 aromatic carbocycles. The molecule has 0 aliphatic heterocycles. The molecular formula is C16H25FN2O5S. The summed E-state index contributed by atoms with van der Waals surface area (Å²) in [7, 11) is -2.21. The number of amides is 1. The Morgan fingerprint density at radius 3 is 2.48 bits per heavy atom. The fourth-order valence-corrected chi connectivity index (χ4v) is 3.61. The molecule has 1 N–H and O–H groups in total. The largest absolute Gasteiger partial charge is 0.382 e. The van der Waals surface area contributed by atoms with Gasteiger partial charge in [-0.15, -0.1) is 0 Å². The minimum absolute atomic E-state index is 0.112. The van der Waals surface area contributed by atoms with Gasteiger partial charge in [-0.3, -0.25) is 4.79 Å². The first-order valence-electron chi connectivity index (χ1n) is 8.03. The quantitative estimate of drug-likeness (QED) is 0.588. The van der Waals surface area contributed by atoms with E-state index in [2.05, 4.69) is 5.32 Å². The summed E-state index contributed by atoms with van der Waals surface area (Å²) < 4.78 is 50.1. The molecule has 1 aromatic rings. The van der Waals surface area contributed by atoms with Gasteiger partial charge in [0.05, 0.1) is 30.3 Å². The second kappa shape index (κ2) is 10.4. The van der Waals surface area contributed by atoms with Gasteiger partial charge in [0, 0.05) is 26.7 Å². The van der Waals surface area contributed by atoms with Crippen molar-refractivity contribution in [1.82, 2.24) is 9.62 Å². The third kappa shape index (κ3) is 6.03. The molecule has 25 heavy (non-hydrogen) atoms. The summed E-state index contributed by atoms with van der Waals surface area (Å²) in [6.45, 7) is 5.24. The van der Waals surface area contributed by atoms with Crippen LogP contribution in [-0.4, -0.2) is 65.2 Å². The van der Waals surface area contributed by atoms with Gasteiger partial charge in [0.15, 0.2) is 0 Å². The third-order valence-corrected chi connectivity index (χ3v) is 5.54. The van der Waals surface area contributed by atoms with E-state index in [0.717, 1.165) is 18.2 Å². The molecule has 1 rings (SSSR count). The summed E-state index contributed by atoms with van der Waals surface area (Å²) in [5, 5.41) is 2.50. The van der Waals surface area contributed by atoms with Crippen molar-refractivity contribution in [2.24, 2.45) is 0 Å². The molecule has 0 fully saturated rings. The molecule has 0 aliphatic rings. The lowest BCUT2D eigenvalue weighted by molar-refractivity contribution is 0.0692. The maximum absolute atomic E-state index is 13.9. The second-order valence-corrected chi connectivity index (χ2v) is 7.03. The van der Waals surface area contributed by atoms with Gasteiger partial charge in [0.25, 0.3) is 5.91 Å². The van der Waals surface area contributed by atoms with Gasteiger partial charge in [-0.25, -0.2) is 12.8 Å². The van der Waals surface area contributed by atoms with E-state index in [0.29, 0.717) is 13.2 Å². The Hall–Kier alpha value is -1.55. The van der Waals surface area contributed by atoms with Crippen LogP contribution >= 0.6 is 0 Å². The normalized spacial score (nSPS) is 11.7. The van der Waals surface area contributed by atoms with Crippen molar-refractivity contribution in [3.8, 4) is 0 Å². The van der Waals surface area contributed by atoms with Crippen molar-refractivity contribution in [2.75, 3.05) is 46.6 Å². The Balaban J connectivity index is 2.82. The summed E-state index contributed by atoms with van der Waals surface area (Å²) in [5.41, 5.74) is -0.315. The highest BCUT2D eigenvalue weighted by atomic mass is 32.2. The first kappa shape index (κ1) is 21.5. The Morgan fingerprint density at radius 2 is 1.88 bits per heavy atom. The molecule has 0 bridgehead atoms. The number of nitrogens with one attached hydrogen (secondary N) is 1. The second-order valence-electron chi connectivity index (χ2n) is 5.09. The molecule has 1 amide bonds. The van der Waals surface area contributed by atoms with E-state index in [1.54, 1.807) is 21.0 Å². The Labute approximate surface area is 148 Å². The predicted octanol–water partition coefficient (Wildman–Crippen LogP) is 1.25. The van der Waals surface area contributed by atoms with Crippen molar-refractivity contribution in [1.29, 1.82) is 0 Å². The SMILES string of the molecule is CCN(CC)S(=O)(=O)c1ccc(F)c(C(=O)NCCOCCOC)c1. The molecule has 9 heteroatoms. The van der Waals surface area contributed by atoms with Crippen molar-refractivity contribution in [3.63, 3.8) is 0 Å². The Kier molecular flexibility index (Phi) is 8.98. The molecule has 7 nitrogen and oxygen atoms in total. The number of carbonyl (C=O) groups excluding carboxylic acids is 1. The maximum atomic E-state index is 13.9. The standard InChI is InChI=1S/C16H25FN2O5S/c1-4-19(5-2)25(21,22)13-6-7-15(17)14(12-13)16(20)18-8-9-24-11-10-23-3/h6-7,12H,4-5,8-11H2,1-3H3,(H,18,20). The summed E-state index contributed by atoms with van der Waals surface area (Å²) in [6.07, 6.45) is 0. The van der Waals surface area contributed by atoms with E-state index < -0.39 is 21.7 Å². The molecule has 0 saturated carbocycles. The number of halogens is 1. The van der Waals surface area contributed by atoms with Crippen molar-refractivity contribution < 1.29 is 27.1 Å². The molecule has 142 valence electrons. The number of benzene rings is 1. The maximum Gasteiger partial charge on any atom is 0.254 e. The van der Waals surface area contributed by atoms with Gasteiger partial charge in [-0.1, -0.05) is 13.8 Å². The van der Waals surface area contributed by atoms with Crippen LogP contribution in [0.5, 0.6) is 0 Å². The van der Waals surface area contributed by atoms with E-state index in [9.17, 15) is 17.6 Å². The predicted molar refractivity (Wildman–Crippen MR) is 91.5 cm³/mol. The average Bonchev–Trinajstić information content (AvgIpc) is 2.58. The summed E-state index contributed by atoms with van der Waals surface area (Å²) in [6, 6.07) is 3.21. The molecule has 0 unspecified atom stereocenters. The smallest absolute Gasteiger partial charge is 0.254 e. The van der Waals surface area contributed by atoms with Crippen LogP contribution in [0.1, 0.15) is 24.2 Å². The van der Waals surface area contributed by atoms with Crippen LogP contribution in [0.2, 0.25) is 0 Å². The van der Waals surface area contributed by atoms with Crippen LogP contribution in [-0.2, 0) is 19.5 Å². The lowest BCUT2D eigenvalue weighted by atomic mass is 10.2. The van der Waals surface area contributed by atoms with E-state index in [4.69, 9.17) is 9.47 Å². The molecule has 0 atom stereocenters. The summed E-state index contributed by atoms with van der Waals surface area (Å²) in [5.74, 6) is -1.47. The molecular weight excluding hydrogens is 351 g/mol. The van der Waals surface area contributed by atoms with Crippen molar-refractivity contribution in [2.45, 2.75) is 18.7 Å². The first-order chi connectivity index (χ1) is 11.9. The minimum atomic E-state index is -3.76. The first-order valence-corrected chi connectivity index (χ1v) is 9.47. The summed E-state index contributed by atoms with van der Waals surface area (Å²) in [4.78, 5) is 12.0. The van der Waals surface area contributed by atoms with Gasteiger partial charge < -0.3 is 14.8 Å². The number of sulfonamides is 1. The monoisotopic (exact) mass is 376 g/mol. The lowest BCUT2D eigenvalue weighted by Gasteiger charge is -2.19. The number of hydrogen-bond donors (Lipinski definition) is 1. The number of rotatable bonds is 11. The van der Waals surface area contributed by atoms with Crippen LogP contribution in [0.3, 0.4) is 0 Å². The number of hydrogen-bond acceptors (Lipinski definition) is 5. The third-order valence-electron chi connectivity index (χ3n) is 3.49. The van der Waals surface area contributed by atoms with E-state index in [1.807, 2.05) is 0 Å². The zero-order valence-corrected chi connectivity index (χ0v) is 15.6. The molecule has 0 radical (unpaired) electrons. The number of ether oxygens (including phenoxy) is 2. The Morgan fingerprint density at radius 1 is 1.20 bits per heavy atom. The minimum Gasteiger partial charge on any atom is -0.382 e. The highest BCUT2D eigenvalue weighted by molar-refractivity contribution is 7.89. The number of carbonyl (C=O) groups is 1. The highest BCUT2D eigenvalue weighted by Gasteiger charge is 2.24.